The van der Waals surface area contributed by atoms with Crippen molar-refractivity contribution in [1.82, 2.24) is 19.6 Å². The third-order valence-corrected chi connectivity index (χ3v) is 19.4. The predicted octanol–water partition coefficient (Wildman–Crippen LogP) is 1.33. The van der Waals surface area contributed by atoms with E-state index < -0.39 is 67.2 Å². The SMILES string of the molecule is CN1C(=O)[C@]23C[C@]4([C@@]56c7ccccc7N[C@@H]5N5C(=O)[C@@]7(CO)SS[C@@]5(C(=O)N7C)[C@H]6O)c5ccccc5N[C@@H]4N2C(=O)[C@@]1(C)SS3. The van der Waals surface area contributed by atoms with Crippen LogP contribution < -0.4 is 10.6 Å². The molecule has 238 valence electrons. The molecule has 4 bridgehead atoms. The molecule has 10 heterocycles. The fourth-order valence-corrected chi connectivity index (χ4v) is 17.0. The number of anilines is 2. The second-order valence-electron chi connectivity index (χ2n) is 13.4. The highest BCUT2D eigenvalue weighted by Crippen LogP contribution is 2.78. The summed E-state index contributed by atoms with van der Waals surface area (Å²) in [6.07, 6.45) is -3.11. The number of fused-ring (bicyclic) bond motifs is 11. The zero-order valence-corrected chi connectivity index (χ0v) is 28.0. The number of hydrogen-bond acceptors (Lipinski definition) is 12. The molecular weight excluding hydrogens is 669 g/mol. The largest absolute Gasteiger partial charge is 0.392 e. The number of carbonyl (C=O) groups excluding carboxylic acids is 4. The Morgan fingerprint density at radius 2 is 1.43 bits per heavy atom. The average Bonchev–Trinajstić information content (AvgIpc) is 3.73. The summed E-state index contributed by atoms with van der Waals surface area (Å²) in [7, 11) is 8.13. The van der Waals surface area contributed by atoms with Gasteiger partial charge in [-0.15, -0.1) is 0 Å². The molecule has 0 unspecified atom stereocenters. The molecule has 12 nitrogen and oxygen atoms in total. The van der Waals surface area contributed by atoms with Gasteiger partial charge in [0.15, 0.2) is 9.74 Å². The van der Waals surface area contributed by atoms with E-state index in [1.54, 1.807) is 18.9 Å². The van der Waals surface area contributed by atoms with Gasteiger partial charge in [0.25, 0.3) is 23.6 Å². The van der Waals surface area contributed by atoms with Crippen LogP contribution in [-0.4, -0.2) is 112 Å². The van der Waals surface area contributed by atoms with E-state index in [4.69, 9.17) is 0 Å². The molecule has 2 aromatic rings. The van der Waals surface area contributed by atoms with E-state index >= 15 is 0 Å². The summed E-state index contributed by atoms with van der Waals surface area (Å²) < 4.78 is 0. The van der Waals surface area contributed by atoms with E-state index in [1.807, 2.05) is 48.5 Å². The van der Waals surface area contributed by atoms with Gasteiger partial charge in [0.1, 0.15) is 18.4 Å². The first kappa shape index (κ1) is 28.3. The zero-order chi connectivity index (χ0) is 32.0. The van der Waals surface area contributed by atoms with Gasteiger partial charge in [-0.25, -0.2) is 0 Å². The van der Waals surface area contributed by atoms with Crippen LogP contribution in [0.5, 0.6) is 0 Å². The highest BCUT2D eigenvalue weighted by atomic mass is 33.1. The van der Waals surface area contributed by atoms with Crippen molar-refractivity contribution in [3.8, 4) is 0 Å². The third kappa shape index (κ3) is 2.39. The topological polar surface area (TPSA) is 146 Å². The summed E-state index contributed by atoms with van der Waals surface area (Å²) in [6, 6.07) is 15.3. The maximum absolute atomic E-state index is 14.7. The van der Waals surface area contributed by atoms with Crippen molar-refractivity contribution in [2.24, 2.45) is 0 Å². The van der Waals surface area contributed by atoms with Crippen LogP contribution in [0.3, 0.4) is 0 Å². The maximum Gasteiger partial charge on any atom is 0.265 e. The lowest BCUT2D eigenvalue weighted by molar-refractivity contribution is -0.169. The van der Waals surface area contributed by atoms with Crippen LogP contribution in [0.4, 0.5) is 11.4 Å². The Labute approximate surface area is 279 Å². The van der Waals surface area contributed by atoms with Crippen LogP contribution >= 0.6 is 43.2 Å². The number of benzene rings is 2. The molecule has 2 spiro atoms. The fourth-order valence-electron chi connectivity index (χ4n) is 9.86. The average molecular weight is 697 g/mol. The number of nitrogens with zero attached hydrogens (tertiary/aromatic N) is 4. The number of amides is 4. The number of piperazine rings is 2. The van der Waals surface area contributed by atoms with Crippen LogP contribution in [0.1, 0.15) is 24.5 Å². The summed E-state index contributed by atoms with van der Waals surface area (Å²) in [4.78, 5) is 58.6. The number of rotatable bonds is 2. The van der Waals surface area contributed by atoms with Crippen LogP contribution in [0, 0.1) is 0 Å². The lowest BCUT2D eigenvalue weighted by Crippen LogP contribution is -2.79. The Balaban J connectivity index is 1.32. The third-order valence-electron chi connectivity index (χ3n) is 12.0. The summed E-state index contributed by atoms with van der Waals surface area (Å²) in [5, 5.41) is 31.1. The van der Waals surface area contributed by atoms with Crippen molar-refractivity contribution in [3.63, 3.8) is 0 Å². The van der Waals surface area contributed by atoms with Crippen molar-refractivity contribution < 1.29 is 29.4 Å². The Kier molecular flexibility index (Phi) is 4.97. The van der Waals surface area contributed by atoms with E-state index in [2.05, 4.69) is 10.6 Å². The van der Waals surface area contributed by atoms with Crippen LogP contribution in [0.2, 0.25) is 0 Å². The van der Waals surface area contributed by atoms with E-state index in [-0.39, 0.29) is 18.2 Å². The normalized spacial score (nSPS) is 45.4. The van der Waals surface area contributed by atoms with Crippen LogP contribution in [-0.2, 0) is 30.0 Å². The Bertz CT molecular complexity index is 1890. The van der Waals surface area contributed by atoms with Gasteiger partial charge in [-0.1, -0.05) is 58.0 Å². The number of aliphatic hydroxyl groups is 2. The van der Waals surface area contributed by atoms with Crippen LogP contribution in [0.15, 0.2) is 48.5 Å². The molecule has 2 aromatic carbocycles. The molecule has 12 rings (SSSR count). The number of aliphatic hydroxyl groups excluding tert-OH is 2. The summed E-state index contributed by atoms with van der Waals surface area (Å²) in [5.41, 5.74) is 0.336. The molecule has 4 N–H and O–H groups in total. The second-order valence-corrected chi connectivity index (χ2v) is 18.9. The van der Waals surface area contributed by atoms with Crippen molar-refractivity contribution in [3.05, 3.63) is 59.7 Å². The fraction of sp³-hybridized carbons (Fsp3) is 0.467. The van der Waals surface area contributed by atoms with Crippen molar-refractivity contribution in [1.29, 1.82) is 0 Å². The van der Waals surface area contributed by atoms with Gasteiger partial charge in [-0.3, -0.25) is 29.0 Å². The minimum atomic E-state index is -1.74. The van der Waals surface area contributed by atoms with Crippen molar-refractivity contribution >= 4 is 78.2 Å². The monoisotopic (exact) mass is 696 g/mol. The molecule has 8 saturated heterocycles. The highest BCUT2D eigenvalue weighted by Gasteiger charge is 2.90. The van der Waals surface area contributed by atoms with Crippen molar-refractivity contribution in [2.75, 3.05) is 31.3 Å². The molecule has 8 fully saturated rings. The number of likely N-dealkylation sites (N-methyl/N-ethyl adjacent to an activating group) is 2. The molecule has 0 aliphatic carbocycles. The quantitative estimate of drug-likeness (QED) is 0.336. The first-order valence-corrected chi connectivity index (χ1v) is 19.2. The van der Waals surface area contributed by atoms with Gasteiger partial charge in [-0.2, -0.15) is 0 Å². The predicted molar refractivity (Wildman–Crippen MR) is 175 cm³/mol. The summed E-state index contributed by atoms with van der Waals surface area (Å²) in [6.45, 7) is 1.17. The lowest BCUT2D eigenvalue weighted by Gasteiger charge is -2.58. The molecule has 10 aliphatic rings. The Morgan fingerprint density at radius 1 is 0.783 bits per heavy atom. The maximum atomic E-state index is 14.7. The standard InChI is InChI=1S/C30H28N6O6S4/c1-25-21(39)35-19-26(14-8-4-6-10-16(14)31-19,12-27(35,44-43-25)22(40)33(25)2)29-15-9-5-7-11-17(15)32-20(29)36-23(41)28(13-37)34(3)24(42)30(36,18(29)38)46-45-28/h4-11,18-20,31-32,37-38H,12-13H2,1-3H3/t18-,19+,20+,25+,26-,27+,28+,29+,30+/m0/s1. The second kappa shape index (κ2) is 8.09. The van der Waals surface area contributed by atoms with Crippen molar-refractivity contribution in [2.45, 2.75) is 62.1 Å². The Hall–Kier alpha value is -2.76. The number of carbonyl (C=O) groups is 4. The molecule has 16 heteroatoms. The zero-order valence-electron chi connectivity index (χ0n) is 24.7. The summed E-state index contributed by atoms with van der Waals surface area (Å²) in [5.74, 6) is -1.35. The van der Waals surface area contributed by atoms with E-state index in [0.717, 1.165) is 32.8 Å². The molecule has 0 aromatic heterocycles. The van der Waals surface area contributed by atoms with E-state index in [0.29, 0.717) is 11.3 Å². The Morgan fingerprint density at radius 3 is 2.15 bits per heavy atom. The first-order valence-electron chi connectivity index (χ1n) is 14.9. The molecule has 0 radical (unpaired) electrons. The first-order chi connectivity index (χ1) is 21.9. The smallest absolute Gasteiger partial charge is 0.265 e. The number of nitrogens with one attached hydrogen (secondary N) is 2. The van der Waals surface area contributed by atoms with E-state index in [9.17, 15) is 29.4 Å². The minimum Gasteiger partial charge on any atom is -0.392 e. The lowest BCUT2D eigenvalue weighted by atomic mass is 9.53. The summed E-state index contributed by atoms with van der Waals surface area (Å²) >= 11 is 0. The highest BCUT2D eigenvalue weighted by molar-refractivity contribution is 8.78. The van der Waals surface area contributed by atoms with Crippen LogP contribution in [0.25, 0.3) is 0 Å². The van der Waals surface area contributed by atoms with Gasteiger partial charge in [0.2, 0.25) is 9.74 Å². The molecule has 9 atom stereocenters. The van der Waals surface area contributed by atoms with Gasteiger partial charge in [-0.05, 0) is 51.8 Å². The molecule has 0 saturated carbocycles. The number of para-hydroxylation sites is 2. The minimum absolute atomic E-state index is 0.131. The van der Waals surface area contributed by atoms with Gasteiger partial charge in [0, 0.05) is 31.9 Å². The molecule has 10 aliphatic heterocycles. The molecule has 46 heavy (non-hydrogen) atoms. The van der Waals surface area contributed by atoms with Gasteiger partial charge < -0.3 is 30.6 Å². The van der Waals surface area contributed by atoms with Gasteiger partial charge >= 0.3 is 0 Å². The molecule has 4 amide bonds. The molecular formula is C30H28N6O6S4. The van der Waals surface area contributed by atoms with E-state index in [1.165, 1.54) is 43.3 Å². The number of hydrogen-bond donors (Lipinski definition) is 4. The van der Waals surface area contributed by atoms with Gasteiger partial charge in [0.05, 0.1) is 17.4 Å².